The van der Waals surface area contributed by atoms with Crippen molar-refractivity contribution in [3.05, 3.63) is 11.1 Å². The first-order valence-corrected chi connectivity index (χ1v) is 4.43. The molecule has 0 aliphatic rings. The van der Waals surface area contributed by atoms with Gasteiger partial charge in [0, 0.05) is 7.11 Å². The molecule has 0 saturated heterocycles. The number of methoxy groups -OCH3 is 1. The van der Waals surface area contributed by atoms with Gasteiger partial charge < -0.3 is 10.2 Å². The van der Waals surface area contributed by atoms with Gasteiger partial charge in [-0.15, -0.1) is 5.10 Å². The van der Waals surface area contributed by atoms with Crippen LogP contribution in [0.3, 0.4) is 0 Å². The highest BCUT2D eigenvalue weighted by atomic mass is 32.1. The van der Waals surface area contributed by atoms with Gasteiger partial charge in [0.05, 0.1) is 19.3 Å². The summed E-state index contributed by atoms with van der Waals surface area (Å²) in [5, 5.41) is 3.68. The normalized spacial score (nSPS) is 11.7. The van der Waals surface area contributed by atoms with Gasteiger partial charge in [-0.25, -0.2) is 5.84 Å². The Bertz CT molecular complexity index is 260. The molecule has 0 saturated carbocycles. The van der Waals surface area contributed by atoms with Crippen molar-refractivity contribution >= 4 is 17.4 Å². The van der Waals surface area contributed by atoms with Gasteiger partial charge in [-0.3, -0.25) is 4.99 Å². The number of aromatic nitrogens is 2. The number of hydrazine groups is 1. The molecule has 0 aromatic carbocycles. The molecular formula is C6H11N5OS. The Morgan fingerprint density at radius 2 is 2.69 bits per heavy atom. The van der Waals surface area contributed by atoms with Gasteiger partial charge in [0.2, 0.25) is 0 Å². The molecular weight excluding hydrogens is 190 g/mol. The minimum atomic E-state index is 0.563. The van der Waals surface area contributed by atoms with Gasteiger partial charge in [0.25, 0.3) is 0 Å². The number of nitrogens with one attached hydrogen (secondary N) is 1. The Balaban J connectivity index is 2.57. The van der Waals surface area contributed by atoms with Crippen LogP contribution in [0, 0.1) is 0 Å². The van der Waals surface area contributed by atoms with Crippen LogP contribution < -0.4 is 11.3 Å². The zero-order chi connectivity index (χ0) is 9.52. The summed E-state index contributed by atoms with van der Waals surface area (Å²) in [7, 11) is 1.62. The Kier molecular flexibility index (Phi) is 4.30. The van der Waals surface area contributed by atoms with Crippen molar-refractivity contribution < 1.29 is 4.74 Å². The molecule has 0 aliphatic heterocycles. The molecule has 0 amide bonds. The predicted molar refractivity (Wildman–Crippen MR) is 50.5 cm³/mol. The van der Waals surface area contributed by atoms with E-state index in [1.165, 1.54) is 11.5 Å². The Morgan fingerprint density at radius 3 is 3.23 bits per heavy atom. The molecule has 0 unspecified atom stereocenters. The van der Waals surface area contributed by atoms with Crippen LogP contribution in [0.2, 0.25) is 0 Å². The van der Waals surface area contributed by atoms with Crippen molar-refractivity contribution in [2.45, 2.75) is 0 Å². The van der Waals surface area contributed by atoms with E-state index in [0.29, 0.717) is 19.0 Å². The van der Waals surface area contributed by atoms with E-state index in [-0.39, 0.29) is 0 Å². The maximum absolute atomic E-state index is 5.28. The van der Waals surface area contributed by atoms with Crippen molar-refractivity contribution in [1.82, 2.24) is 15.0 Å². The summed E-state index contributed by atoms with van der Waals surface area (Å²) in [5.41, 5.74) is 2.49. The van der Waals surface area contributed by atoms with Crippen LogP contribution in [0.1, 0.15) is 4.88 Å². The summed E-state index contributed by atoms with van der Waals surface area (Å²) >= 11 is 1.24. The summed E-state index contributed by atoms with van der Waals surface area (Å²) < 4.78 is 8.55. The Morgan fingerprint density at radius 1 is 1.85 bits per heavy atom. The fourth-order valence-corrected chi connectivity index (χ4v) is 1.20. The zero-order valence-electron chi connectivity index (χ0n) is 7.23. The molecule has 72 valence electrons. The van der Waals surface area contributed by atoms with E-state index in [4.69, 9.17) is 10.6 Å². The van der Waals surface area contributed by atoms with Gasteiger partial charge in [-0.05, 0) is 11.5 Å². The topological polar surface area (TPSA) is 85.4 Å². The Hall–Kier alpha value is -1.05. The third-order valence-electron chi connectivity index (χ3n) is 1.30. The summed E-state index contributed by atoms with van der Waals surface area (Å²) in [6, 6.07) is 0. The zero-order valence-corrected chi connectivity index (χ0v) is 8.04. The fraction of sp³-hybridized carbons (Fsp3) is 0.500. The second-order valence-electron chi connectivity index (χ2n) is 2.15. The monoisotopic (exact) mass is 201 g/mol. The van der Waals surface area contributed by atoms with Crippen molar-refractivity contribution in [2.75, 3.05) is 20.3 Å². The average Bonchev–Trinajstić information content (AvgIpc) is 2.65. The van der Waals surface area contributed by atoms with Gasteiger partial charge >= 0.3 is 0 Å². The quantitative estimate of drug-likeness (QED) is 0.223. The van der Waals surface area contributed by atoms with E-state index < -0.39 is 0 Å². The van der Waals surface area contributed by atoms with E-state index in [1.807, 2.05) is 0 Å². The number of amidine groups is 1. The number of rotatable bonds is 4. The number of aliphatic imine (C=N–C) groups is 1. The lowest BCUT2D eigenvalue weighted by atomic mass is 10.5. The standard InChI is InChI=1S/C6H11N5OS/c1-12-3-2-8-6(10-7)5-4-9-11-13-5/h4H,2-3,7H2,1H3,(H,8,10). The lowest BCUT2D eigenvalue weighted by Gasteiger charge is -2.00. The molecule has 6 nitrogen and oxygen atoms in total. The lowest BCUT2D eigenvalue weighted by Crippen LogP contribution is -2.30. The second-order valence-corrected chi connectivity index (χ2v) is 2.93. The van der Waals surface area contributed by atoms with Crippen LogP contribution in [0.25, 0.3) is 0 Å². The number of hydrogen-bond donors (Lipinski definition) is 2. The molecule has 0 aliphatic carbocycles. The van der Waals surface area contributed by atoms with E-state index >= 15 is 0 Å². The Labute approximate surface area is 79.9 Å². The molecule has 13 heavy (non-hydrogen) atoms. The van der Waals surface area contributed by atoms with Crippen molar-refractivity contribution in [3.63, 3.8) is 0 Å². The summed E-state index contributed by atoms with van der Waals surface area (Å²) in [6.07, 6.45) is 1.61. The minimum Gasteiger partial charge on any atom is -0.383 e. The highest BCUT2D eigenvalue weighted by molar-refractivity contribution is 7.07. The third-order valence-corrected chi connectivity index (χ3v) is 1.97. The van der Waals surface area contributed by atoms with Crippen LogP contribution in [0.15, 0.2) is 11.2 Å². The first-order valence-electron chi connectivity index (χ1n) is 3.66. The molecule has 1 rings (SSSR count). The fourth-order valence-electron chi connectivity index (χ4n) is 0.715. The molecule has 0 spiro atoms. The molecule has 1 aromatic rings. The summed E-state index contributed by atoms with van der Waals surface area (Å²) in [4.78, 5) is 4.98. The molecule has 3 N–H and O–H groups in total. The van der Waals surface area contributed by atoms with Crippen LogP contribution in [0.4, 0.5) is 0 Å². The summed E-state index contributed by atoms with van der Waals surface area (Å²) in [5.74, 6) is 5.87. The van der Waals surface area contributed by atoms with Gasteiger partial charge in [0.15, 0.2) is 5.84 Å². The van der Waals surface area contributed by atoms with E-state index in [9.17, 15) is 0 Å². The van der Waals surface area contributed by atoms with Crippen molar-refractivity contribution in [1.29, 1.82) is 0 Å². The van der Waals surface area contributed by atoms with Crippen LogP contribution in [0.5, 0.6) is 0 Å². The van der Waals surface area contributed by atoms with Gasteiger partial charge in [-0.1, -0.05) is 4.49 Å². The molecule has 0 fully saturated rings. The SMILES string of the molecule is COCCN=C(NN)c1cnns1. The predicted octanol–water partition coefficient (Wildman–Crippen LogP) is -0.606. The van der Waals surface area contributed by atoms with Crippen molar-refractivity contribution in [2.24, 2.45) is 10.8 Å². The largest absolute Gasteiger partial charge is 0.383 e. The third kappa shape index (κ3) is 3.05. The highest BCUT2D eigenvalue weighted by Gasteiger charge is 2.02. The van der Waals surface area contributed by atoms with E-state index in [2.05, 4.69) is 20.0 Å². The number of nitrogens with zero attached hydrogens (tertiary/aromatic N) is 3. The van der Waals surface area contributed by atoms with Crippen LogP contribution >= 0.6 is 11.5 Å². The maximum Gasteiger partial charge on any atom is 0.156 e. The summed E-state index contributed by atoms with van der Waals surface area (Å²) in [6.45, 7) is 1.13. The maximum atomic E-state index is 5.28. The van der Waals surface area contributed by atoms with Crippen LogP contribution in [-0.4, -0.2) is 35.7 Å². The first kappa shape index (κ1) is 10.0. The molecule has 0 radical (unpaired) electrons. The number of ether oxygens (including phenoxy) is 1. The number of hydrogen-bond acceptors (Lipinski definition) is 6. The molecule has 0 atom stereocenters. The van der Waals surface area contributed by atoms with E-state index in [0.717, 1.165) is 4.88 Å². The molecule has 7 heteroatoms. The van der Waals surface area contributed by atoms with Gasteiger partial charge in [-0.2, -0.15) is 0 Å². The molecule has 0 bridgehead atoms. The van der Waals surface area contributed by atoms with Crippen molar-refractivity contribution in [3.8, 4) is 0 Å². The van der Waals surface area contributed by atoms with E-state index in [1.54, 1.807) is 13.3 Å². The average molecular weight is 201 g/mol. The minimum absolute atomic E-state index is 0.563. The molecule has 1 heterocycles. The highest BCUT2D eigenvalue weighted by Crippen LogP contribution is 2.01. The smallest absolute Gasteiger partial charge is 0.156 e. The lowest BCUT2D eigenvalue weighted by molar-refractivity contribution is 0.208. The first-order chi connectivity index (χ1) is 6.38. The van der Waals surface area contributed by atoms with Crippen LogP contribution in [-0.2, 0) is 4.74 Å². The van der Waals surface area contributed by atoms with Gasteiger partial charge in [0.1, 0.15) is 4.88 Å². The molecule has 1 aromatic heterocycles. The second kappa shape index (κ2) is 5.57. The number of nitrogens with two attached hydrogens (primary N) is 1.